The van der Waals surface area contributed by atoms with Crippen molar-refractivity contribution in [2.24, 2.45) is 0 Å². The summed E-state index contributed by atoms with van der Waals surface area (Å²) in [5.41, 5.74) is 2.39. The Morgan fingerprint density at radius 2 is 2.04 bits per heavy atom. The summed E-state index contributed by atoms with van der Waals surface area (Å²) in [6.45, 7) is 3.11. The van der Waals surface area contributed by atoms with Gasteiger partial charge < -0.3 is 19.6 Å². The van der Waals surface area contributed by atoms with Crippen LogP contribution in [0, 0.1) is 6.92 Å². The third kappa shape index (κ3) is 2.20. The normalized spacial score (nSPS) is 11.3. The molecule has 0 saturated carbocycles. The number of furan rings is 1. The molecule has 4 aromatic rings. The van der Waals surface area contributed by atoms with Gasteiger partial charge in [-0.1, -0.05) is 0 Å². The van der Waals surface area contributed by atoms with E-state index in [9.17, 15) is 15.0 Å². The summed E-state index contributed by atoms with van der Waals surface area (Å²) in [4.78, 5) is 19.3. The fraction of sp³-hybridized carbons (Fsp3) is 0.111. The first-order valence-electron chi connectivity index (χ1n) is 7.65. The van der Waals surface area contributed by atoms with E-state index in [1.54, 1.807) is 43.6 Å². The predicted octanol–water partition coefficient (Wildman–Crippen LogP) is 3.54. The smallest absolute Gasteiger partial charge is 0.240 e. The van der Waals surface area contributed by atoms with E-state index in [1.165, 1.54) is 11.5 Å². The number of fused-ring (bicyclic) bond motifs is 1. The standard InChI is InChI=1S/C18H15N3O4/c1-9-3-6-14(25-9)16-15(10(2)22)17(23)18(24)21(16)11-4-5-12-13(7-11)20-8-19-12/h3-8,23-24H,1-2H3,(H,19,20). The molecule has 4 rings (SSSR count). The van der Waals surface area contributed by atoms with Crippen molar-refractivity contribution >= 4 is 16.8 Å². The zero-order valence-electron chi connectivity index (χ0n) is 13.6. The average Bonchev–Trinajstić information content (AvgIpc) is 3.26. The van der Waals surface area contributed by atoms with Crippen LogP contribution in [-0.4, -0.2) is 30.5 Å². The summed E-state index contributed by atoms with van der Waals surface area (Å²) in [6, 6.07) is 8.74. The van der Waals surface area contributed by atoms with Crippen molar-refractivity contribution in [3.05, 3.63) is 48.0 Å². The molecule has 3 N–H and O–H groups in total. The third-order valence-electron chi connectivity index (χ3n) is 4.11. The van der Waals surface area contributed by atoms with Gasteiger partial charge >= 0.3 is 0 Å². The number of Topliss-reactive ketones (excluding diaryl/α,β-unsaturated/α-hetero) is 1. The Balaban J connectivity index is 2.07. The highest BCUT2D eigenvalue weighted by atomic mass is 16.3. The highest BCUT2D eigenvalue weighted by Gasteiger charge is 2.29. The number of rotatable bonds is 3. The second kappa shape index (κ2) is 5.27. The van der Waals surface area contributed by atoms with Crippen LogP contribution < -0.4 is 0 Å². The largest absolute Gasteiger partial charge is 0.503 e. The summed E-state index contributed by atoms with van der Waals surface area (Å²) in [6.07, 6.45) is 1.57. The number of nitrogens with one attached hydrogen (secondary N) is 1. The molecule has 0 amide bonds. The van der Waals surface area contributed by atoms with Gasteiger partial charge in [0.25, 0.3) is 0 Å². The van der Waals surface area contributed by atoms with Crippen LogP contribution in [0.3, 0.4) is 0 Å². The molecule has 7 heteroatoms. The minimum absolute atomic E-state index is 0.0107. The van der Waals surface area contributed by atoms with Crippen LogP contribution in [0.2, 0.25) is 0 Å². The van der Waals surface area contributed by atoms with Gasteiger partial charge in [0.1, 0.15) is 11.5 Å². The summed E-state index contributed by atoms with van der Waals surface area (Å²) >= 11 is 0. The van der Waals surface area contributed by atoms with Gasteiger partial charge in [0.2, 0.25) is 5.88 Å². The van der Waals surface area contributed by atoms with Crippen molar-refractivity contribution in [1.29, 1.82) is 0 Å². The number of carbonyl (C=O) groups excluding carboxylic acids is 1. The van der Waals surface area contributed by atoms with Crippen molar-refractivity contribution in [1.82, 2.24) is 14.5 Å². The minimum Gasteiger partial charge on any atom is -0.503 e. The molecule has 0 aliphatic carbocycles. The maximum absolute atomic E-state index is 12.1. The number of benzene rings is 1. The van der Waals surface area contributed by atoms with E-state index in [1.807, 2.05) is 0 Å². The summed E-state index contributed by atoms with van der Waals surface area (Å²) < 4.78 is 7.04. The molecule has 7 nitrogen and oxygen atoms in total. The highest BCUT2D eigenvalue weighted by molar-refractivity contribution is 6.04. The van der Waals surface area contributed by atoms with Gasteiger partial charge in [-0.15, -0.1) is 0 Å². The molecule has 0 radical (unpaired) electrons. The molecule has 0 atom stereocenters. The zero-order valence-corrected chi connectivity index (χ0v) is 13.6. The highest BCUT2D eigenvalue weighted by Crippen LogP contribution is 2.43. The van der Waals surface area contributed by atoms with Crippen LogP contribution >= 0.6 is 0 Å². The van der Waals surface area contributed by atoms with Gasteiger partial charge in [0, 0.05) is 0 Å². The van der Waals surface area contributed by atoms with Gasteiger partial charge in [-0.2, -0.15) is 0 Å². The van der Waals surface area contributed by atoms with Gasteiger partial charge in [0.05, 0.1) is 28.6 Å². The van der Waals surface area contributed by atoms with Gasteiger partial charge in [0.15, 0.2) is 17.3 Å². The third-order valence-corrected chi connectivity index (χ3v) is 4.11. The second-order valence-electron chi connectivity index (χ2n) is 5.80. The van der Waals surface area contributed by atoms with E-state index in [-0.39, 0.29) is 11.3 Å². The lowest BCUT2D eigenvalue weighted by Gasteiger charge is -2.09. The molecule has 0 spiro atoms. The van der Waals surface area contributed by atoms with Crippen LogP contribution in [0.25, 0.3) is 28.2 Å². The second-order valence-corrected chi connectivity index (χ2v) is 5.80. The number of nitrogens with zero attached hydrogens (tertiary/aromatic N) is 2. The maximum atomic E-state index is 12.1. The molecule has 0 unspecified atom stereocenters. The Hall–Kier alpha value is -3.48. The minimum atomic E-state index is -0.471. The van der Waals surface area contributed by atoms with E-state index in [0.717, 1.165) is 11.0 Å². The van der Waals surface area contributed by atoms with Crippen LogP contribution in [0.5, 0.6) is 11.6 Å². The van der Waals surface area contributed by atoms with Crippen molar-refractivity contribution < 1.29 is 19.4 Å². The summed E-state index contributed by atoms with van der Waals surface area (Å²) in [5, 5.41) is 20.8. The number of aromatic nitrogens is 3. The van der Waals surface area contributed by atoms with Crippen molar-refractivity contribution in [3.63, 3.8) is 0 Å². The lowest BCUT2D eigenvalue weighted by Crippen LogP contribution is -2.00. The van der Waals surface area contributed by atoms with E-state index >= 15 is 0 Å². The van der Waals surface area contributed by atoms with Crippen LogP contribution in [-0.2, 0) is 0 Å². The Morgan fingerprint density at radius 3 is 2.72 bits per heavy atom. The van der Waals surface area contributed by atoms with Crippen LogP contribution in [0.4, 0.5) is 0 Å². The summed E-state index contributed by atoms with van der Waals surface area (Å²) in [5.74, 6) is -0.240. The number of ketones is 1. The molecule has 1 aromatic carbocycles. The number of hydrogen-bond acceptors (Lipinski definition) is 5. The van der Waals surface area contributed by atoms with E-state index in [0.29, 0.717) is 22.9 Å². The van der Waals surface area contributed by atoms with E-state index < -0.39 is 11.6 Å². The van der Waals surface area contributed by atoms with Crippen LogP contribution in [0.1, 0.15) is 23.0 Å². The lowest BCUT2D eigenvalue weighted by atomic mass is 10.1. The number of aryl methyl sites for hydroxylation is 1. The van der Waals surface area contributed by atoms with Gasteiger partial charge in [-0.3, -0.25) is 9.36 Å². The molecule has 25 heavy (non-hydrogen) atoms. The number of imidazole rings is 1. The molecule has 0 saturated heterocycles. The molecule has 3 heterocycles. The molecule has 0 bridgehead atoms. The number of H-pyrrole nitrogens is 1. The molecule has 0 aliphatic rings. The Bertz CT molecular complexity index is 1120. The monoisotopic (exact) mass is 337 g/mol. The molecule has 3 aromatic heterocycles. The fourth-order valence-corrected chi connectivity index (χ4v) is 2.99. The van der Waals surface area contributed by atoms with Crippen molar-refractivity contribution in [3.8, 4) is 28.8 Å². The number of aromatic amines is 1. The molecule has 0 aliphatic heterocycles. The first-order chi connectivity index (χ1) is 12.0. The molecular formula is C18H15N3O4. The van der Waals surface area contributed by atoms with Crippen molar-refractivity contribution in [2.75, 3.05) is 0 Å². The van der Waals surface area contributed by atoms with Gasteiger partial charge in [-0.25, -0.2) is 4.98 Å². The summed E-state index contributed by atoms with van der Waals surface area (Å²) in [7, 11) is 0. The topological polar surface area (TPSA) is 104 Å². The van der Waals surface area contributed by atoms with Gasteiger partial charge in [-0.05, 0) is 44.2 Å². The molecular weight excluding hydrogens is 322 g/mol. The fourth-order valence-electron chi connectivity index (χ4n) is 2.99. The Morgan fingerprint density at radius 1 is 1.24 bits per heavy atom. The molecule has 126 valence electrons. The van der Waals surface area contributed by atoms with E-state index in [2.05, 4.69) is 9.97 Å². The van der Waals surface area contributed by atoms with Crippen LogP contribution in [0.15, 0.2) is 41.1 Å². The zero-order chi connectivity index (χ0) is 17.7. The Kier molecular flexibility index (Phi) is 3.18. The SMILES string of the molecule is CC(=O)c1c(O)c(O)n(-c2ccc3nc[nH]c3c2)c1-c1ccc(C)o1. The molecule has 0 fully saturated rings. The van der Waals surface area contributed by atoms with Crippen molar-refractivity contribution in [2.45, 2.75) is 13.8 Å². The first-order valence-corrected chi connectivity index (χ1v) is 7.65. The maximum Gasteiger partial charge on any atom is 0.240 e. The number of hydrogen-bond donors (Lipinski definition) is 3. The number of carbonyl (C=O) groups is 1. The Labute approximate surface area is 142 Å². The lowest BCUT2D eigenvalue weighted by molar-refractivity contribution is 0.101. The van der Waals surface area contributed by atoms with E-state index in [4.69, 9.17) is 4.42 Å². The average molecular weight is 337 g/mol. The quantitative estimate of drug-likeness (QED) is 0.496. The first kappa shape index (κ1) is 15.1. The predicted molar refractivity (Wildman–Crippen MR) is 91.2 cm³/mol. The number of aromatic hydroxyl groups is 2.